The lowest BCUT2D eigenvalue weighted by Crippen LogP contribution is -2.50. The summed E-state index contributed by atoms with van der Waals surface area (Å²) in [5, 5.41) is 0. The van der Waals surface area contributed by atoms with Crippen molar-refractivity contribution in [1.82, 2.24) is 4.90 Å². The second-order valence-corrected chi connectivity index (χ2v) is 8.01. The summed E-state index contributed by atoms with van der Waals surface area (Å²) < 4.78 is 24.4. The highest BCUT2D eigenvalue weighted by Gasteiger charge is 2.49. The zero-order chi connectivity index (χ0) is 18.1. The van der Waals surface area contributed by atoms with Crippen LogP contribution in [0, 0.1) is 17.7 Å². The summed E-state index contributed by atoms with van der Waals surface area (Å²) in [6.07, 6.45) is 7.53. The fourth-order valence-electron chi connectivity index (χ4n) is 5.12. The maximum absolute atomic E-state index is 13.2. The first-order valence-electron chi connectivity index (χ1n) is 9.89. The average Bonchev–Trinajstić information content (AvgIpc) is 3.28. The number of hydrogen-bond acceptors (Lipinski definition) is 3. The minimum atomic E-state index is -0.263. The molecule has 1 saturated heterocycles. The number of nitrogens with zero attached hydrogens (tertiary/aromatic N) is 1. The van der Waals surface area contributed by atoms with Crippen LogP contribution in [0.5, 0.6) is 5.75 Å². The third-order valence-electron chi connectivity index (χ3n) is 6.59. The van der Waals surface area contributed by atoms with Gasteiger partial charge in [-0.25, -0.2) is 4.39 Å². The molecule has 0 spiro atoms. The second-order valence-electron chi connectivity index (χ2n) is 8.01. The van der Waals surface area contributed by atoms with Crippen LogP contribution in [-0.2, 0) is 9.53 Å². The van der Waals surface area contributed by atoms with Crippen LogP contribution >= 0.6 is 0 Å². The van der Waals surface area contributed by atoms with E-state index < -0.39 is 0 Å². The Morgan fingerprint density at radius 3 is 2.54 bits per heavy atom. The van der Waals surface area contributed by atoms with Gasteiger partial charge in [-0.15, -0.1) is 0 Å². The Morgan fingerprint density at radius 1 is 1.12 bits per heavy atom. The number of amides is 1. The SMILES string of the molecule is COC1CCC(C(=O)N2[C@H]3CC[C@H](C3)[C@@H]2COc2ccc(F)cc2)CC1. The summed E-state index contributed by atoms with van der Waals surface area (Å²) in [5.41, 5.74) is 0. The zero-order valence-corrected chi connectivity index (χ0v) is 15.4. The van der Waals surface area contributed by atoms with Crippen molar-refractivity contribution >= 4 is 5.91 Å². The number of likely N-dealkylation sites (tertiary alicyclic amines) is 1. The first-order chi connectivity index (χ1) is 12.7. The summed E-state index contributed by atoms with van der Waals surface area (Å²) in [5.74, 6) is 1.40. The van der Waals surface area contributed by atoms with Crippen LogP contribution < -0.4 is 4.74 Å². The number of hydrogen-bond donors (Lipinski definition) is 0. The Balaban J connectivity index is 1.40. The van der Waals surface area contributed by atoms with Gasteiger partial charge in [0.05, 0.1) is 12.1 Å². The van der Waals surface area contributed by atoms with E-state index in [4.69, 9.17) is 9.47 Å². The lowest BCUT2D eigenvalue weighted by molar-refractivity contribution is -0.142. The molecule has 1 amide bonds. The van der Waals surface area contributed by atoms with Crippen molar-refractivity contribution in [2.45, 2.75) is 63.1 Å². The molecule has 0 radical (unpaired) electrons. The number of piperidine rings is 1. The molecule has 1 heterocycles. The van der Waals surface area contributed by atoms with Crippen LogP contribution in [0.3, 0.4) is 0 Å². The van der Waals surface area contributed by atoms with Crippen LogP contribution in [0.2, 0.25) is 0 Å². The lowest BCUT2D eigenvalue weighted by atomic mass is 9.85. The zero-order valence-electron chi connectivity index (χ0n) is 15.4. The minimum absolute atomic E-state index is 0.133. The summed E-state index contributed by atoms with van der Waals surface area (Å²) in [4.78, 5) is 15.4. The number of halogens is 1. The van der Waals surface area contributed by atoms with E-state index in [1.807, 2.05) is 0 Å². The molecule has 2 bridgehead atoms. The first-order valence-corrected chi connectivity index (χ1v) is 9.89. The molecule has 4 nitrogen and oxygen atoms in total. The third kappa shape index (κ3) is 3.46. The fourth-order valence-corrected chi connectivity index (χ4v) is 5.12. The van der Waals surface area contributed by atoms with Crippen molar-refractivity contribution in [3.8, 4) is 5.75 Å². The second kappa shape index (κ2) is 7.55. The van der Waals surface area contributed by atoms with E-state index in [1.165, 1.54) is 18.6 Å². The summed E-state index contributed by atoms with van der Waals surface area (Å²) in [6.45, 7) is 0.506. The molecule has 5 heteroatoms. The molecule has 1 aromatic carbocycles. The van der Waals surface area contributed by atoms with E-state index in [0.717, 1.165) is 38.5 Å². The maximum Gasteiger partial charge on any atom is 0.226 e. The van der Waals surface area contributed by atoms with Gasteiger partial charge in [0.25, 0.3) is 0 Å². The van der Waals surface area contributed by atoms with Crippen molar-refractivity contribution in [3.05, 3.63) is 30.1 Å². The number of benzene rings is 1. The fraction of sp³-hybridized carbons (Fsp3) is 0.667. The highest BCUT2D eigenvalue weighted by atomic mass is 19.1. The largest absolute Gasteiger partial charge is 0.491 e. The highest BCUT2D eigenvalue weighted by molar-refractivity contribution is 5.80. The van der Waals surface area contributed by atoms with Crippen LogP contribution in [-0.4, -0.2) is 42.7 Å². The van der Waals surface area contributed by atoms with Gasteiger partial charge in [0.1, 0.15) is 18.2 Å². The van der Waals surface area contributed by atoms with E-state index in [2.05, 4.69) is 4.90 Å². The van der Waals surface area contributed by atoms with Gasteiger partial charge in [0, 0.05) is 19.1 Å². The molecule has 0 N–H and O–H groups in total. The molecule has 3 aliphatic rings. The van der Waals surface area contributed by atoms with Crippen molar-refractivity contribution in [2.24, 2.45) is 11.8 Å². The van der Waals surface area contributed by atoms with Gasteiger partial charge in [-0.05, 0) is 75.1 Å². The third-order valence-corrected chi connectivity index (χ3v) is 6.59. The molecule has 2 aliphatic carbocycles. The molecule has 1 aromatic rings. The minimum Gasteiger partial charge on any atom is -0.491 e. The Morgan fingerprint density at radius 2 is 1.85 bits per heavy atom. The van der Waals surface area contributed by atoms with E-state index >= 15 is 0 Å². The molecule has 3 fully saturated rings. The number of carbonyl (C=O) groups excluding carboxylic acids is 1. The Labute approximate surface area is 154 Å². The normalized spacial score (nSPS) is 33.5. The Hall–Kier alpha value is -1.62. The van der Waals surface area contributed by atoms with E-state index in [0.29, 0.717) is 36.3 Å². The van der Waals surface area contributed by atoms with Crippen LogP contribution in [0.15, 0.2) is 24.3 Å². The average molecular weight is 361 g/mol. The number of methoxy groups -OCH3 is 1. The van der Waals surface area contributed by atoms with Crippen molar-refractivity contribution in [1.29, 1.82) is 0 Å². The number of carbonyl (C=O) groups is 1. The Kier molecular flexibility index (Phi) is 5.16. The maximum atomic E-state index is 13.2. The Bertz CT molecular complexity index is 627. The molecule has 142 valence electrons. The van der Waals surface area contributed by atoms with E-state index in [-0.39, 0.29) is 17.8 Å². The number of rotatable bonds is 5. The molecule has 0 unspecified atom stereocenters. The monoisotopic (exact) mass is 361 g/mol. The molecular weight excluding hydrogens is 333 g/mol. The number of ether oxygens (including phenoxy) is 2. The lowest BCUT2D eigenvalue weighted by Gasteiger charge is -2.39. The van der Waals surface area contributed by atoms with Crippen LogP contribution in [0.1, 0.15) is 44.9 Å². The summed E-state index contributed by atoms with van der Waals surface area (Å²) in [6, 6.07) is 6.67. The topological polar surface area (TPSA) is 38.8 Å². The van der Waals surface area contributed by atoms with Gasteiger partial charge in [-0.2, -0.15) is 0 Å². The van der Waals surface area contributed by atoms with Gasteiger partial charge in [0.15, 0.2) is 0 Å². The summed E-state index contributed by atoms with van der Waals surface area (Å²) in [7, 11) is 1.76. The molecular formula is C21H28FNO3. The van der Waals surface area contributed by atoms with E-state index in [9.17, 15) is 9.18 Å². The predicted octanol–water partition coefficient (Wildman–Crippen LogP) is 3.79. The quantitative estimate of drug-likeness (QED) is 0.801. The number of fused-ring (bicyclic) bond motifs is 2. The van der Waals surface area contributed by atoms with Crippen LogP contribution in [0.4, 0.5) is 4.39 Å². The van der Waals surface area contributed by atoms with E-state index in [1.54, 1.807) is 19.2 Å². The van der Waals surface area contributed by atoms with Gasteiger partial charge in [-0.1, -0.05) is 0 Å². The smallest absolute Gasteiger partial charge is 0.226 e. The molecule has 26 heavy (non-hydrogen) atoms. The molecule has 4 rings (SSSR count). The molecule has 1 aliphatic heterocycles. The highest BCUT2D eigenvalue weighted by Crippen LogP contribution is 2.44. The van der Waals surface area contributed by atoms with Crippen molar-refractivity contribution in [3.63, 3.8) is 0 Å². The van der Waals surface area contributed by atoms with Gasteiger partial charge in [0.2, 0.25) is 5.91 Å². The predicted molar refractivity (Wildman–Crippen MR) is 96.4 cm³/mol. The molecule has 3 atom stereocenters. The van der Waals surface area contributed by atoms with Gasteiger partial charge >= 0.3 is 0 Å². The van der Waals surface area contributed by atoms with Gasteiger partial charge in [-0.3, -0.25) is 4.79 Å². The van der Waals surface area contributed by atoms with Crippen LogP contribution in [0.25, 0.3) is 0 Å². The molecule has 0 aromatic heterocycles. The summed E-state index contributed by atoms with van der Waals surface area (Å²) >= 11 is 0. The molecule has 2 saturated carbocycles. The van der Waals surface area contributed by atoms with Crippen molar-refractivity contribution < 1.29 is 18.7 Å². The van der Waals surface area contributed by atoms with Crippen molar-refractivity contribution in [2.75, 3.05) is 13.7 Å². The standard InChI is InChI=1S/C21H28FNO3/c1-25-18-8-3-14(4-9-18)21(24)23-17-7-2-15(12-17)20(23)13-26-19-10-5-16(22)6-11-19/h5-6,10-11,14-15,17-18,20H,2-4,7-9,12-13H2,1H3/t14?,15-,17+,18?,20+/m1/s1. The first kappa shape index (κ1) is 17.8. The van der Waals surface area contributed by atoms with Gasteiger partial charge < -0.3 is 14.4 Å².